The van der Waals surface area contributed by atoms with Crippen LogP contribution in [0.1, 0.15) is 60.3 Å². The van der Waals surface area contributed by atoms with Crippen molar-refractivity contribution in [1.29, 1.82) is 0 Å². The van der Waals surface area contributed by atoms with Crippen molar-refractivity contribution in [3.8, 4) is 0 Å². The van der Waals surface area contributed by atoms with Crippen LogP contribution in [0.2, 0.25) is 0 Å². The Labute approximate surface area is 122 Å². The molecule has 2 fully saturated rings. The molecule has 2 aliphatic rings. The van der Waals surface area contributed by atoms with Crippen LogP contribution in [0, 0.1) is 0 Å². The highest BCUT2D eigenvalue weighted by molar-refractivity contribution is 5.71. The number of esters is 1. The zero-order chi connectivity index (χ0) is 15.0. The van der Waals surface area contributed by atoms with Gasteiger partial charge < -0.3 is 9.47 Å². The number of hydrogen-bond donors (Lipinski definition) is 0. The van der Waals surface area contributed by atoms with Crippen molar-refractivity contribution in [1.82, 2.24) is 4.90 Å². The summed E-state index contributed by atoms with van der Waals surface area (Å²) in [6.45, 7) is 12.9. The highest BCUT2D eigenvalue weighted by atomic mass is 16.5. The summed E-state index contributed by atoms with van der Waals surface area (Å²) in [6, 6.07) is 0. The summed E-state index contributed by atoms with van der Waals surface area (Å²) in [4.78, 5) is 14.6. The second kappa shape index (κ2) is 5.30. The van der Waals surface area contributed by atoms with Gasteiger partial charge in [-0.05, 0) is 67.0 Å². The number of carbonyl (C=O) groups is 1. The van der Waals surface area contributed by atoms with Gasteiger partial charge >= 0.3 is 5.97 Å². The van der Waals surface area contributed by atoms with E-state index in [1.54, 1.807) is 0 Å². The lowest BCUT2D eigenvalue weighted by Crippen LogP contribution is -2.59. The van der Waals surface area contributed by atoms with E-state index in [1.165, 1.54) is 12.8 Å². The number of hydrogen-bond acceptors (Lipinski definition) is 4. The largest absolute Gasteiger partial charge is 0.466 e. The zero-order valence-electron chi connectivity index (χ0n) is 13.6. The van der Waals surface area contributed by atoms with Gasteiger partial charge in [0.1, 0.15) is 0 Å². The van der Waals surface area contributed by atoms with Gasteiger partial charge in [0, 0.05) is 0 Å². The van der Waals surface area contributed by atoms with E-state index < -0.39 is 0 Å². The Hall–Kier alpha value is -0.610. The van der Waals surface area contributed by atoms with Crippen molar-refractivity contribution in [2.24, 2.45) is 0 Å². The lowest BCUT2D eigenvalue weighted by atomic mass is 9.75. The molecule has 0 N–H and O–H groups in total. The molecule has 0 saturated carbocycles. The van der Waals surface area contributed by atoms with Crippen molar-refractivity contribution in [3.63, 3.8) is 0 Å². The van der Waals surface area contributed by atoms with E-state index in [-0.39, 0.29) is 22.7 Å². The first-order valence-electron chi connectivity index (χ1n) is 7.83. The van der Waals surface area contributed by atoms with Gasteiger partial charge in [-0.25, -0.2) is 0 Å². The number of ether oxygens (including phenoxy) is 2. The molecule has 0 amide bonds. The molecular formula is C16H29NO3. The summed E-state index contributed by atoms with van der Waals surface area (Å²) in [5.74, 6) is -0.103. The van der Waals surface area contributed by atoms with Gasteiger partial charge in [0.15, 0.2) is 0 Å². The maximum absolute atomic E-state index is 12.2. The van der Waals surface area contributed by atoms with Crippen molar-refractivity contribution in [2.45, 2.75) is 77.0 Å². The molecule has 0 spiro atoms. The first-order valence-corrected chi connectivity index (χ1v) is 7.83. The van der Waals surface area contributed by atoms with Gasteiger partial charge in [0.25, 0.3) is 0 Å². The minimum absolute atomic E-state index is 0.103. The Kier molecular flexibility index (Phi) is 4.18. The first-order chi connectivity index (χ1) is 9.22. The SMILES string of the molecule is CCOC(=O)CC1(N2CCCC2)CC(C)(C)OC1(C)C. The topological polar surface area (TPSA) is 38.8 Å². The Morgan fingerprint density at radius 3 is 2.25 bits per heavy atom. The van der Waals surface area contributed by atoms with Crippen LogP contribution in [-0.4, -0.2) is 47.3 Å². The molecule has 0 aromatic carbocycles. The van der Waals surface area contributed by atoms with E-state index in [0.29, 0.717) is 13.0 Å². The van der Waals surface area contributed by atoms with Crippen LogP contribution in [-0.2, 0) is 14.3 Å². The fourth-order valence-corrected chi connectivity index (χ4v) is 4.21. The third-order valence-corrected chi connectivity index (χ3v) is 4.82. The van der Waals surface area contributed by atoms with Gasteiger partial charge in [-0.2, -0.15) is 0 Å². The molecule has 2 heterocycles. The second-order valence-corrected chi connectivity index (χ2v) is 7.26. The van der Waals surface area contributed by atoms with Gasteiger partial charge in [0.05, 0.1) is 29.8 Å². The Morgan fingerprint density at radius 2 is 1.80 bits per heavy atom. The molecule has 0 aliphatic carbocycles. The molecule has 0 aromatic rings. The average Bonchev–Trinajstić information content (AvgIpc) is 2.84. The zero-order valence-corrected chi connectivity index (χ0v) is 13.6. The number of rotatable bonds is 4. The molecule has 20 heavy (non-hydrogen) atoms. The molecule has 116 valence electrons. The van der Waals surface area contributed by atoms with Gasteiger partial charge in [-0.1, -0.05) is 0 Å². The molecule has 0 aromatic heterocycles. The van der Waals surface area contributed by atoms with Crippen LogP contribution in [0.5, 0.6) is 0 Å². The summed E-state index contributed by atoms with van der Waals surface area (Å²) in [6.07, 6.45) is 3.73. The quantitative estimate of drug-likeness (QED) is 0.744. The highest BCUT2D eigenvalue weighted by Gasteiger charge is 2.61. The average molecular weight is 283 g/mol. The molecule has 2 aliphatic heterocycles. The summed E-state index contributed by atoms with van der Waals surface area (Å²) >= 11 is 0. The fourth-order valence-electron chi connectivity index (χ4n) is 4.21. The molecule has 1 unspecified atom stereocenters. The monoisotopic (exact) mass is 283 g/mol. The maximum atomic E-state index is 12.2. The van der Waals surface area contributed by atoms with Crippen LogP contribution in [0.4, 0.5) is 0 Å². The first kappa shape index (κ1) is 15.8. The van der Waals surface area contributed by atoms with Crippen LogP contribution < -0.4 is 0 Å². The standard InChI is InChI=1S/C16H29NO3/c1-6-19-13(18)11-16(17-9-7-8-10-17)12-14(2,3)20-15(16,4)5/h6-12H2,1-5H3. The van der Waals surface area contributed by atoms with Crippen molar-refractivity contribution in [2.75, 3.05) is 19.7 Å². The molecule has 0 bridgehead atoms. The Bertz CT molecular complexity index is 372. The van der Waals surface area contributed by atoms with E-state index in [1.807, 2.05) is 6.92 Å². The Morgan fingerprint density at radius 1 is 1.20 bits per heavy atom. The molecule has 0 radical (unpaired) electrons. The van der Waals surface area contributed by atoms with E-state index in [4.69, 9.17) is 9.47 Å². The van der Waals surface area contributed by atoms with E-state index in [9.17, 15) is 4.79 Å². The molecule has 1 atom stereocenters. The summed E-state index contributed by atoms with van der Waals surface area (Å²) in [7, 11) is 0. The highest BCUT2D eigenvalue weighted by Crippen LogP contribution is 2.51. The third-order valence-electron chi connectivity index (χ3n) is 4.82. The van der Waals surface area contributed by atoms with Gasteiger partial charge in [-0.3, -0.25) is 9.69 Å². The third kappa shape index (κ3) is 2.73. The lowest BCUT2D eigenvalue weighted by molar-refractivity contribution is -0.152. The van der Waals surface area contributed by atoms with Crippen molar-refractivity contribution in [3.05, 3.63) is 0 Å². The molecule has 4 nitrogen and oxygen atoms in total. The van der Waals surface area contributed by atoms with E-state index >= 15 is 0 Å². The van der Waals surface area contributed by atoms with E-state index in [2.05, 4.69) is 32.6 Å². The number of nitrogens with zero attached hydrogens (tertiary/aromatic N) is 1. The predicted molar refractivity (Wildman–Crippen MR) is 78.6 cm³/mol. The van der Waals surface area contributed by atoms with Crippen molar-refractivity contribution < 1.29 is 14.3 Å². The van der Waals surface area contributed by atoms with Crippen LogP contribution >= 0.6 is 0 Å². The van der Waals surface area contributed by atoms with Crippen LogP contribution in [0.25, 0.3) is 0 Å². The maximum Gasteiger partial charge on any atom is 0.307 e. The summed E-state index contributed by atoms with van der Waals surface area (Å²) in [5.41, 5.74) is -0.772. The summed E-state index contributed by atoms with van der Waals surface area (Å²) in [5, 5.41) is 0. The van der Waals surface area contributed by atoms with Gasteiger partial charge in [0.2, 0.25) is 0 Å². The summed E-state index contributed by atoms with van der Waals surface area (Å²) < 4.78 is 11.5. The van der Waals surface area contributed by atoms with Crippen LogP contribution in [0.15, 0.2) is 0 Å². The molecule has 2 saturated heterocycles. The minimum Gasteiger partial charge on any atom is -0.466 e. The lowest BCUT2D eigenvalue weighted by Gasteiger charge is -2.46. The fraction of sp³-hybridized carbons (Fsp3) is 0.938. The molecular weight excluding hydrogens is 254 g/mol. The number of likely N-dealkylation sites (tertiary alicyclic amines) is 1. The number of carbonyl (C=O) groups excluding carboxylic acids is 1. The second-order valence-electron chi connectivity index (χ2n) is 7.26. The molecule has 2 rings (SSSR count). The molecule has 4 heteroatoms. The smallest absolute Gasteiger partial charge is 0.307 e. The van der Waals surface area contributed by atoms with Crippen LogP contribution in [0.3, 0.4) is 0 Å². The van der Waals surface area contributed by atoms with Crippen molar-refractivity contribution >= 4 is 5.97 Å². The minimum atomic E-state index is -0.340. The predicted octanol–water partition coefficient (Wildman–Crippen LogP) is 2.75. The normalized spacial score (nSPS) is 32.5. The van der Waals surface area contributed by atoms with Gasteiger partial charge in [-0.15, -0.1) is 0 Å². The van der Waals surface area contributed by atoms with E-state index in [0.717, 1.165) is 19.5 Å². The Balaban J connectivity index is 2.31.